The van der Waals surface area contributed by atoms with Gasteiger partial charge in [-0.3, -0.25) is 14.9 Å². The molecule has 3 aromatic carbocycles. The number of carbonyl (C=O) groups is 1. The number of ether oxygens (including phenoxy) is 2. The van der Waals surface area contributed by atoms with Gasteiger partial charge in [-0.2, -0.15) is 0 Å². The standard InChI is InChI=1S/C23H22N2O5/c1-3-16-6-4-5-7-21(16)24-23(26)15-30-22-13-10-18(25(27)28)14-20(22)17-8-11-19(29-2)12-9-17/h4-14H,3,15H2,1-2H3,(H,24,26). The van der Waals surface area contributed by atoms with Gasteiger partial charge in [0.15, 0.2) is 6.61 Å². The number of anilines is 1. The Labute approximate surface area is 174 Å². The second-order valence-corrected chi connectivity index (χ2v) is 6.51. The smallest absolute Gasteiger partial charge is 0.270 e. The predicted molar refractivity (Wildman–Crippen MR) is 115 cm³/mol. The quantitative estimate of drug-likeness (QED) is 0.427. The molecule has 1 amide bonds. The summed E-state index contributed by atoms with van der Waals surface area (Å²) in [7, 11) is 1.56. The minimum Gasteiger partial charge on any atom is -0.497 e. The molecule has 0 atom stereocenters. The molecule has 7 heteroatoms. The normalized spacial score (nSPS) is 10.3. The highest BCUT2D eigenvalue weighted by Gasteiger charge is 2.15. The zero-order valence-electron chi connectivity index (χ0n) is 16.8. The Morgan fingerprint density at radius 1 is 1.07 bits per heavy atom. The average molecular weight is 406 g/mol. The summed E-state index contributed by atoms with van der Waals surface area (Å²) in [4.78, 5) is 23.1. The Bertz CT molecular complexity index is 1050. The number of benzene rings is 3. The molecule has 0 aromatic heterocycles. The number of hydrogen-bond donors (Lipinski definition) is 1. The van der Waals surface area contributed by atoms with Crippen molar-refractivity contribution in [1.29, 1.82) is 0 Å². The minimum atomic E-state index is -0.467. The third-order valence-corrected chi connectivity index (χ3v) is 4.61. The summed E-state index contributed by atoms with van der Waals surface area (Å²) in [5, 5.41) is 14.1. The first-order valence-electron chi connectivity index (χ1n) is 9.45. The van der Waals surface area contributed by atoms with Gasteiger partial charge in [0.1, 0.15) is 11.5 Å². The second kappa shape index (κ2) is 9.56. The number of rotatable bonds is 8. The van der Waals surface area contributed by atoms with Crippen LogP contribution in [0.1, 0.15) is 12.5 Å². The summed E-state index contributed by atoms with van der Waals surface area (Å²) >= 11 is 0. The maximum atomic E-state index is 12.4. The SMILES string of the molecule is CCc1ccccc1NC(=O)COc1ccc([N+](=O)[O-])cc1-c1ccc(OC)cc1. The summed E-state index contributed by atoms with van der Waals surface area (Å²) in [5.41, 5.74) is 2.95. The fourth-order valence-electron chi connectivity index (χ4n) is 3.03. The lowest BCUT2D eigenvalue weighted by Gasteiger charge is -2.13. The van der Waals surface area contributed by atoms with Crippen molar-refractivity contribution >= 4 is 17.3 Å². The van der Waals surface area contributed by atoms with E-state index in [1.165, 1.54) is 18.2 Å². The molecule has 7 nitrogen and oxygen atoms in total. The number of nitrogens with zero attached hydrogens (tertiary/aromatic N) is 1. The van der Waals surface area contributed by atoms with Crippen LogP contribution < -0.4 is 14.8 Å². The van der Waals surface area contributed by atoms with Crippen LogP contribution in [0, 0.1) is 10.1 Å². The third-order valence-electron chi connectivity index (χ3n) is 4.61. The number of nitro groups is 1. The molecular weight excluding hydrogens is 384 g/mol. The van der Waals surface area contributed by atoms with Crippen LogP contribution in [-0.4, -0.2) is 24.5 Å². The van der Waals surface area contributed by atoms with Crippen molar-refractivity contribution in [3.8, 4) is 22.6 Å². The van der Waals surface area contributed by atoms with Crippen molar-refractivity contribution < 1.29 is 19.2 Å². The van der Waals surface area contributed by atoms with Gasteiger partial charge in [0.2, 0.25) is 0 Å². The highest BCUT2D eigenvalue weighted by atomic mass is 16.6. The van der Waals surface area contributed by atoms with E-state index in [2.05, 4.69) is 5.32 Å². The number of non-ortho nitro benzene ring substituents is 1. The van der Waals surface area contributed by atoms with E-state index in [0.717, 1.165) is 17.7 Å². The maximum Gasteiger partial charge on any atom is 0.270 e. The van der Waals surface area contributed by atoms with Crippen LogP contribution >= 0.6 is 0 Å². The molecule has 0 unspecified atom stereocenters. The van der Waals surface area contributed by atoms with Crippen molar-refractivity contribution in [3.63, 3.8) is 0 Å². The Balaban J connectivity index is 1.80. The topological polar surface area (TPSA) is 90.7 Å². The van der Waals surface area contributed by atoms with Crippen LogP contribution in [0.4, 0.5) is 11.4 Å². The molecule has 0 fully saturated rings. The van der Waals surface area contributed by atoms with Crippen molar-refractivity contribution in [1.82, 2.24) is 0 Å². The molecule has 3 rings (SSSR count). The Morgan fingerprint density at radius 3 is 2.47 bits per heavy atom. The molecule has 0 radical (unpaired) electrons. The van der Waals surface area contributed by atoms with Gasteiger partial charge in [-0.1, -0.05) is 37.3 Å². The predicted octanol–water partition coefficient (Wildman–Crippen LogP) is 4.85. The van der Waals surface area contributed by atoms with Crippen LogP contribution in [0.15, 0.2) is 66.7 Å². The lowest BCUT2D eigenvalue weighted by atomic mass is 10.0. The largest absolute Gasteiger partial charge is 0.497 e. The number of amides is 1. The number of nitro benzene ring substituents is 1. The Morgan fingerprint density at radius 2 is 1.80 bits per heavy atom. The fourth-order valence-corrected chi connectivity index (χ4v) is 3.03. The van der Waals surface area contributed by atoms with Gasteiger partial charge in [0, 0.05) is 23.4 Å². The van der Waals surface area contributed by atoms with Crippen molar-refractivity contribution in [2.24, 2.45) is 0 Å². The van der Waals surface area contributed by atoms with Gasteiger partial charge in [0.25, 0.3) is 11.6 Å². The van der Waals surface area contributed by atoms with Gasteiger partial charge in [0.05, 0.1) is 12.0 Å². The molecule has 1 N–H and O–H groups in total. The molecule has 0 aliphatic carbocycles. The first-order valence-corrected chi connectivity index (χ1v) is 9.45. The molecular formula is C23H22N2O5. The van der Waals surface area contributed by atoms with Gasteiger partial charge in [-0.25, -0.2) is 0 Å². The van der Waals surface area contributed by atoms with Crippen LogP contribution in [0.3, 0.4) is 0 Å². The lowest BCUT2D eigenvalue weighted by Crippen LogP contribution is -2.21. The van der Waals surface area contributed by atoms with E-state index < -0.39 is 4.92 Å². The maximum absolute atomic E-state index is 12.4. The molecule has 0 aliphatic rings. The second-order valence-electron chi connectivity index (χ2n) is 6.51. The van der Waals surface area contributed by atoms with Crippen molar-refractivity contribution in [2.45, 2.75) is 13.3 Å². The van der Waals surface area contributed by atoms with E-state index in [1.54, 1.807) is 31.4 Å². The number of para-hydroxylation sites is 1. The molecule has 0 aliphatic heterocycles. The summed E-state index contributed by atoms with van der Waals surface area (Å²) in [6.07, 6.45) is 0.793. The Hall–Kier alpha value is -3.87. The van der Waals surface area contributed by atoms with Crippen LogP contribution in [-0.2, 0) is 11.2 Å². The van der Waals surface area contributed by atoms with E-state index in [4.69, 9.17) is 9.47 Å². The summed E-state index contributed by atoms with van der Waals surface area (Å²) < 4.78 is 10.9. The van der Waals surface area contributed by atoms with Crippen LogP contribution in [0.25, 0.3) is 11.1 Å². The first-order chi connectivity index (χ1) is 14.5. The molecule has 0 saturated carbocycles. The van der Waals surface area contributed by atoms with Gasteiger partial charge < -0.3 is 14.8 Å². The Kier molecular flexibility index (Phi) is 6.64. The zero-order valence-corrected chi connectivity index (χ0v) is 16.8. The highest BCUT2D eigenvalue weighted by molar-refractivity contribution is 5.92. The summed E-state index contributed by atoms with van der Waals surface area (Å²) in [6.45, 7) is 1.79. The lowest BCUT2D eigenvalue weighted by molar-refractivity contribution is -0.384. The monoisotopic (exact) mass is 406 g/mol. The minimum absolute atomic E-state index is 0.0607. The fraction of sp³-hybridized carbons (Fsp3) is 0.174. The average Bonchev–Trinajstić information content (AvgIpc) is 2.78. The van der Waals surface area contributed by atoms with Crippen molar-refractivity contribution in [2.75, 3.05) is 19.0 Å². The first kappa shape index (κ1) is 20.9. The van der Waals surface area contributed by atoms with E-state index in [-0.39, 0.29) is 18.2 Å². The molecule has 154 valence electrons. The van der Waals surface area contributed by atoms with E-state index >= 15 is 0 Å². The molecule has 0 bridgehead atoms. The van der Waals surface area contributed by atoms with Crippen molar-refractivity contribution in [3.05, 3.63) is 82.4 Å². The molecule has 30 heavy (non-hydrogen) atoms. The zero-order chi connectivity index (χ0) is 21.5. The number of methoxy groups -OCH3 is 1. The number of carbonyl (C=O) groups excluding carboxylic acids is 1. The molecule has 0 saturated heterocycles. The van der Waals surface area contributed by atoms with Gasteiger partial charge >= 0.3 is 0 Å². The number of hydrogen-bond acceptors (Lipinski definition) is 5. The summed E-state index contributed by atoms with van der Waals surface area (Å²) in [5.74, 6) is 0.736. The van der Waals surface area contributed by atoms with E-state index in [1.807, 2.05) is 31.2 Å². The van der Waals surface area contributed by atoms with Crippen LogP contribution in [0.2, 0.25) is 0 Å². The number of nitrogens with one attached hydrogen (secondary N) is 1. The highest BCUT2D eigenvalue weighted by Crippen LogP contribution is 2.34. The van der Waals surface area contributed by atoms with E-state index in [0.29, 0.717) is 22.6 Å². The molecule has 0 spiro atoms. The molecule has 3 aromatic rings. The molecule has 0 heterocycles. The van der Waals surface area contributed by atoms with Gasteiger partial charge in [-0.05, 0) is 41.8 Å². The van der Waals surface area contributed by atoms with Crippen LogP contribution in [0.5, 0.6) is 11.5 Å². The van der Waals surface area contributed by atoms with Gasteiger partial charge in [-0.15, -0.1) is 0 Å². The third kappa shape index (κ3) is 4.94. The summed E-state index contributed by atoms with van der Waals surface area (Å²) in [6, 6.07) is 18.9. The number of aryl methyl sites for hydroxylation is 1. The van der Waals surface area contributed by atoms with E-state index in [9.17, 15) is 14.9 Å².